The van der Waals surface area contributed by atoms with E-state index in [0.717, 1.165) is 12.8 Å². The largest absolute Gasteiger partial charge is 0.432 e. The highest BCUT2D eigenvalue weighted by Gasteiger charge is 2.68. The van der Waals surface area contributed by atoms with Gasteiger partial charge in [-0.2, -0.15) is 13.2 Å². The van der Waals surface area contributed by atoms with E-state index in [1.807, 2.05) is 0 Å². The minimum atomic E-state index is -5.02. The Morgan fingerprint density at radius 1 is 1.20 bits per heavy atom. The zero-order valence-corrected chi connectivity index (χ0v) is 13.2. The average Bonchev–Trinajstić information content (AvgIpc) is 3.44. The molecule has 1 aromatic carbocycles. The first-order valence-electron chi connectivity index (χ1n) is 8.18. The maximum atomic E-state index is 14.1. The number of benzene rings is 1. The lowest BCUT2D eigenvalue weighted by molar-refractivity contribution is -0.179. The Morgan fingerprint density at radius 2 is 1.88 bits per heavy atom. The molecule has 2 amide bonds. The molecule has 130 valence electrons. The van der Waals surface area contributed by atoms with E-state index in [-0.39, 0.29) is 17.3 Å². The molecule has 4 rings (SSSR count). The number of para-hydroxylation sites is 2. The third-order valence-electron chi connectivity index (χ3n) is 4.65. The smallest absolute Gasteiger partial charge is 0.321 e. The standard InChI is InChI=1S/C18H15F3N2O2/c19-18(20,21)17(10-9-11-5-6-11)16(25)22-13-3-1-2-4-14(13)23(17)15(24)12-7-8-12/h1-4,11-12H,5-8H2,(H,22,25). The first-order valence-corrected chi connectivity index (χ1v) is 8.18. The van der Waals surface area contributed by atoms with E-state index in [0.29, 0.717) is 17.7 Å². The van der Waals surface area contributed by atoms with Gasteiger partial charge in [-0.1, -0.05) is 24.0 Å². The van der Waals surface area contributed by atoms with Crippen molar-refractivity contribution in [1.82, 2.24) is 0 Å². The second-order valence-electron chi connectivity index (χ2n) is 6.67. The Labute approximate surface area is 142 Å². The van der Waals surface area contributed by atoms with Crippen molar-refractivity contribution in [2.24, 2.45) is 11.8 Å². The number of halogens is 3. The van der Waals surface area contributed by atoms with Gasteiger partial charge in [0.1, 0.15) is 0 Å². The molecule has 0 aromatic heterocycles. The van der Waals surface area contributed by atoms with Crippen LogP contribution in [0.25, 0.3) is 0 Å². The summed E-state index contributed by atoms with van der Waals surface area (Å²) < 4.78 is 42.4. The molecule has 1 unspecified atom stereocenters. The summed E-state index contributed by atoms with van der Waals surface area (Å²) in [5, 5.41) is 2.29. The highest BCUT2D eigenvalue weighted by molar-refractivity contribution is 6.17. The topological polar surface area (TPSA) is 49.4 Å². The molecule has 0 saturated heterocycles. The van der Waals surface area contributed by atoms with Crippen molar-refractivity contribution >= 4 is 23.2 Å². The summed E-state index contributed by atoms with van der Waals surface area (Å²) in [7, 11) is 0. The minimum Gasteiger partial charge on any atom is -0.321 e. The first-order chi connectivity index (χ1) is 11.8. The van der Waals surface area contributed by atoms with Gasteiger partial charge in [-0.3, -0.25) is 14.5 Å². The van der Waals surface area contributed by atoms with Crippen LogP contribution in [0.1, 0.15) is 25.7 Å². The number of fused-ring (bicyclic) bond motifs is 1. The Kier molecular flexibility index (Phi) is 3.36. The molecule has 3 aliphatic rings. The zero-order valence-electron chi connectivity index (χ0n) is 13.2. The second kappa shape index (κ2) is 5.25. The monoisotopic (exact) mass is 348 g/mol. The number of nitrogens with zero attached hydrogens (tertiary/aromatic N) is 1. The van der Waals surface area contributed by atoms with Crippen molar-refractivity contribution in [3.05, 3.63) is 24.3 Å². The lowest BCUT2D eigenvalue weighted by Gasteiger charge is -2.43. The molecule has 7 heteroatoms. The normalized spacial score (nSPS) is 25.6. The maximum absolute atomic E-state index is 14.1. The van der Waals surface area contributed by atoms with Crippen LogP contribution in [0.5, 0.6) is 0 Å². The van der Waals surface area contributed by atoms with Gasteiger partial charge in [-0.25, -0.2) is 0 Å². The summed E-state index contributed by atoms with van der Waals surface area (Å²) in [6, 6.07) is 6.03. The van der Waals surface area contributed by atoms with Crippen molar-refractivity contribution in [2.75, 3.05) is 10.2 Å². The number of carbonyl (C=O) groups excluding carboxylic acids is 2. The molecule has 0 bridgehead atoms. The predicted molar refractivity (Wildman–Crippen MR) is 84.6 cm³/mol. The highest BCUT2D eigenvalue weighted by atomic mass is 19.4. The molecule has 1 atom stereocenters. The number of amides is 2. The van der Waals surface area contributed by atoms with E-state index in [1.165, 1.54) is 12.1 Å². The predicted octanol–water partition coefficient (Wildman–Crippen LogP) is 3.10. The quantitative estimate of drug-likeness (QED) is 0.793. The molecular formula is C18H15F3N2O2. The van der Waals surface area contributed by atoms with Crippen LogP contribution >= 0.6 is 0 Å². The number of nitrogens with one attached hydrogen (secondary N) is 1. The Morgan fingerprint density at radius 3 is 2.48 bits per heavy atom. The number of alkyl halides is 3. The minimum absolute atomic E-state index is 0.0430. The van der Waals surface area contributed by atoms with E-state index >= 15 is 0 Å². The number of hydrogen-bond donors (Lipinski definition) is 1. The average molecular weight is 348 g/mol. The number of hydrogen-bond acceptors (Lipinski definition) is 2. The molecule has 25 heavy (non-hydrogen) atoms. The van der Waals surface area contributed by atoms with Gasteiger partial charge in [0, 0.05) is 11.8 Å². The van der Waals surface area contributed by atoms with Gasteiger partial charge < -0.3 is 5.32 Å². The molecule has 0 spiro atoms. The molecule has 1 aliphatic heterocycles. The van der Waals surface area contributed by atoms with Crippen LogP contribution in [0, 0.1) is 23.7 Å². The lowest BCUT2D eigenvalue weighted by Crippen LogP contribution is -2.69. The Bertz CT molecular complexity index is 816. The lowest BCUT2D eigenvalue weighted by atomic mass is 9.90. The summed E-state index contributed by atoms with van der Waals surface area (Å²) in [6.45, 7) is 0. The molecule has 2 saturated carbocycles. The van der Waals surface area contributed by atoms with Crippen molar-refractivity contribution in [3.8, 4) is 11.8 Å². The van der Waals surface area contributed by atoms with E-state index in [4.69, 9.17) is 0 Å². The summed E-state index contributed by atoms with van der Waals surface area (Å²) in [5.74, 6) is 2.09. The Hall–Kier alpha value is -2.49. The zero-order chi connectivity index (χ0) is 17.8. The van der Waals surface area contributed by atoms with E-state index in [1.54, 1.807) is 12.1 Å². The first kappa shape index (κ1) is 16.0. The summed E-state index contributed by atoms with van der Waals surface area (Å²) in [6.07, 6.45) is -2.52. The molecule has 0 radical (unpaired) electrons. The fourth-order valence-corrected chi connectivity index (χ4v) is 2.94. The second-order valence-corrected chi connectivity index (χ2v) is 6.67. The van der Waals surface area contributed by atoms with Crippen LogP contribution in [0.15, 0.2) is 24.3 Å². The van der Waals surface area contributed by atoms with Gasteiger partial charge in [0.15, 0.2) is 0 Å². The van der Waals surface area contributed by atoms with E-state index in [9.17, 15) is 22.8 Å². The van der Waals surface area contributed by atoms with Gasteiger partial charge in [0.05, 0.1) is 11.4 Å². The van der Waals surface area contributed by atoms with Crippen LogP contribution in [0.4, 0.5) is 24.5 Å². The van der Waals surface area contributed by atoms with Crippen LogP contribution in [0.3, 0.4) is 0 Å². The molecular weight excluding hydrogens is 333 g/mol. The molecule has 1 heterocycles. The number of carbonyl (C=O) groups is 2. The molecule has 1 N–H and O–H groups in total. The third-order valence-corrected chi connectivity index (χ3v) is 4.65. The molecule has 1 aromatic rings. The van der Waals surface area contributed by atoms with E-state index in [2.05, 4.69) is 17.2 Å². The summed E-state index contributed by atoms with van der Waals surface area (Å²) >= 11 is 0. The van der Waals surface area contributed by atoms with Crippen molar-refractivity contribution in [2.45, 2.75) is 37.4 Å². The maximum Gasteiger partial charge on any atom is 0.432 e. The summed E-state index contributed by atoms with van der Waals surface area (Å²) in [4.78, 5) is 25.9. The SMILES string of the molecule is O=C(C1CC1)N1c2ccccc2NC(=O)C1(C#CC1CC1)C(F)(F)F. The van der Waals surface area contributed by atoms with Gasteiger partial charge in [-0.05, 0) is 37.8 Å². The van der Waals surface area contributed by atoms with Crippen LogP contribution in [-0.4, -0.2) is 23.5 Å². The van der Waals surface area contributed by atoms with Gasteiger partial charge in [0.2, 0.25) is 5.91 Å². The van der Waals surface area contributed by atoms with Crippen LogP contribution in [-0.2, 0) is 9.59 Å². The van der Waals surface area contributed by atoms with Crippen LogP contribution in [0.2, 0.25) is 0 Å². The van der Waals surface area contributed by atoms with Gasteiger partial charge in [-0.15, -0.1) is 0 Å². The fourth-order valence-electron chi connectivity index (χ4n) is 2.94. The van der Waals surface area contributed by atoms with Gasteiger partial charge in [0.25, 0.3) is 11.4 Å². The van der Waals surface area contributed by atoms with Crippen molar-refractivity contribution < 1.29 is 22.8 Å². The van der Waals surface area contributed by atoms with Gasteiger partial charge >= 0.3 is 6.18 Å². The fraction of sp³-hybridized carbons (Fsp3) is 0.444. The highest BCUT2D eigenvalue weighted by Crippen LogP contribution is 2.48. The van der Waals surface area contributed by atoms with Crippen molar-refractivity contribution in [3.63, 3.8) is 0 Å². The molecule has 2 fully saturated rings. The summed E-state index contributed by atoms with van der Waals surface area (Å²) in [5.41, 5.74) is -2.94. The van der Waals surface area contributed by atoms with Crippen LogP contribution < -0.4 is 10.2 Å². The molecule has 4 nitrogen and oxygen atoms in total. The number of rotatable bonds is 1. The number of anilines is 2. The van der Waals surface area contributed by atoms with Crippen molar-refractivity contribution in [1.29, 1.82) is 0 Å². The molecule has 2 aliphatic carbocycles. The van der Waals surface area contributed by atoms with E-state index < -0.39 is 29.4 Å². The Balaban J connectivity index is 1.94. The third kappa shape index (κ3) is 2.48.